The maximum absolute atomic E-state index is 12.2. The topological polar surface area (TPSA) is 70.9 Å². The van der Waals surface area contributed by atoms with Crippen LogP contribution in [-0.4, -0.2) is 24.3 Å². The number of hydrogen-bond donors (Lipinski definition) is 2. The number of phenolic OH excluding ortho intramolecular Hbond substituents is 1. The molecule has 0 aliphatic rings. The fourth-order valence-corrected chi connectivity index (χ4v) is 2.45. The Bertz CT molecular complexity index is 920. The van der Waals surface area contributed by atoms with Gasteiger partial charge in [0.05, 0.1) is 13.3 Å². The van der Waals surface area contributed by atoms with Crippen molar-refractivity contribution in [2.75, 3.05) is 7.11 Å². The van der Waals surface area contributed by atoms with E-state index in [0.717, 1.165) is 11.1 Å². The molecule has 0 radical (unpaired) electrons. The Balaban J connectivity index is 1.65. The van der Waals surface area contributed by atoms with E-state index in [2.05, 4.69) is 10.5 Å². The lowest BCUT2D eigenvalue weighted by atomic mass is 10.0. The van der Waals surface area contributed by atoms with Gasteiger partial charge in [0.2, 0.25) is 0 Å². The Morgan fingerprint density at radius 1 is 1.00 bits per heavy atom. The zero-order chi connectivity index (χ0) is 18.4. The van der Waals surface area contributed by atoms with Crippen molar-refractivity contribution in [2.24, 2.45) is 5.10 Å². The van der Waals surface area contributed by atoms with Crippen LogP contribution in [0.25, 0.3) is 11.1 Å². The summed E-state index contributed by atoms with van der Waals surface area (Å²) in [5, 5.41) is 13.5. The lowest BCUT2D eigenvalue weighted by Gasteiger charge is -2.04. The molecular formula is C21H18N2O3. The van der Waals surface area contributed by atoms with Gasteiger partial charge in [-0.05, 0) is 47.0 Å². The molecular weight excluding hydrogens is 328 g/mol. The minimum absolute atomic E-state index is 0.0483. The second kappa shape index (κ2) is 7.98. The number of carbonyl (C=O) groups excluding carboxylic acids is 1. The zero-order valence-electron chi connectivity index (χ0n) is 14.2. The molecule has 0 aliphatic carbocycles. The van der Waals surface area contributed by atoms with Crippen LogP contribution in [0.3, 0.4) is 0 Å². The predicted molar refractivity (Wildman–Crippen MR) is 102 cm³/mol. The Labute approximate surface area is 151 Å². The number of nitrogens with one attached hydrogen (secondary N) is 1. The largest absolute Gasteiger partial charge is 0.504 e. The fraction of sp³-hybridized carbons (Fsp3) is 0.0476. The van der Waals surface area contributed by atoms with Crippen molar-refractivity contribution in [1.82, 2.24) is 5.43 Å². The molecule has 5 heteroatoms. The van der Waals surface area contributed by atoms with E-state index in [0.29, 0.717) is 16.9 Å². The van der Waals surface area contributed by atoms with Crippen molar-refractivity contribution in [2.45, 2.75) is 0 Å². The summed E-state index contributed by atoms with van der Waals surface area (Å²) in [5.41, 5.74) is 5.84. The van der Waals surface area contributed by atoms with Crippen molar-refractivity contribution in [3.8, 4) is 22.6 Å². The molecule has 3 aromatic rings. The molecule has 0 atom stereocenters. The molecule has 3 rings (SSSR count). The van der Waals surface area contributed by atoms with Gasteiger partial charge in [-0.2, -0.15) is 5.10 Å². The molecule has 26 heavy (non-hydrogen) atoms. The molecule has 2 N–H and O–H groups in total. The highest BCUT2D eigenvalue weighted by Gasteiger charge is 2.05. The lowest BCUT2D eigenvalue weighted by Crippen LogP contribution is -2.17. The molecule has 5 nitrogen and oxygen atoms in total. The van der Waals surface area contributed by atoms with E-state index in [1.54, 1.807) is 24.3 Å². The third-order valence-electron chi connectivity index (χ3n) is 3.84. The average Bonchev–Trinajstić information content (AvgIpc) is 2.70. The first-order valence-corrected chi connectivity index (χ1v) is 8.03. The lowest BCUT2D eigenvalue weighted by molar-refractivity contribution is 0.0955. The van der Waals surface area contributed by atoms with Gasteiger partial charge in [0, 0.05) is 5.56 Å². The van der Waals surface area contributed by atoms with E-state index in [4.69, 9.17) is 4.74 Å². The molecule has 0 fully saturated rings. The van der Waals surface area contributed by atoms with Crippen LogP contribution >= 0.6 is 0 Å². The number of amides is 1. The summed E-state index contributed by atoms with van der Waals surface area (Å²) in [4.78, 5) is 12.2. The van der Waals surface area contributed by atoms with Crippen molar-refractivity contribution in [1.29, 1.82) is 0 Å². The van der Waals surface area contributed by atoms with Gasteiger partial charge in [0.1, 0.15) is 0 Å². The maximum Gasteiger partial charge on any atom is 0.271 e. The zero-order valence-corrected chi connectivity index (χ0v) is 14.2. The van der Waals surface area contributed by atoms with Crippen molar-refractivity contribution < 1.29 is 14.6 Å². The van der Waals surface area contributed by atoms with E-state index in [1.807, 2.05) is 42.5 Å². The van der Waals surface area contributed by atoms with Crippen LogP contribution in [0.15, 0.2) is 77.9 Å². The van der Waals surface area contributed by atoms with Gasteiger partial charge in [-0.3, -0.25) is 4.79 Å². The number of phenols is 1. The molecule has 0 saturated heterocycles. The van der Waals surface area contributed by atoms with Crippen LogP contribution < -0.4 is 10.2 Å². The molecule has 0 saturated carbocycles. The van der Waals surface area contributed by atoms with Gasteiger partial charge < -0.3 is 9.84 Å². The highest BCUT2D eigenvalue weighted by Crippen LogP contribution is 2.25. The summed E-state index contributed by atoms with van der Waals surface area (Å²) in [5.74, 6) is 0.0931. The molecule has 0 bridgehead atoms. The Kier molecular flexibility index (Phi) is 5.29. The van der Waals surface area contributed by atoms with E-state index in [-0.39, 0.29) is 11.7 Å². The average molecular weight is 346 g/mol. The number of hydrogen-bond acceptors (Lipinski definition) is 4. The van der Waals surface area contributed by atoms with Crippen LogP contribution in [-0.2, 0) is 0 Å². The van der Waals surface area contributed by atoms with Crippen LogP contribution in [0, 0.1) is 0 Å². The van der Waals surface area contributed by atoms with Gasteiger partial charge in [-0.1, -0.05) is 42.5 Å². The molecule has 0 aromatic heterocycles. The predicted octanol–water partition coefficient (Wildman–Crippen LogP) is 3.83. The van der Waals surface area contributed by atoms with Crippen molar-refractivity contribution in [3.63, 3.8) is 0 Å². The van der Waals surface area contributed by atoms with Gasteiger partial charge in [-0.25, -0.2) is 5.43 Å². The Hall–Kier alpha value is -3.60. The molecule has 1 amide bonds. The second-order valence-corrected chi connectivity index (χ2v) is 5.57. The summed E-state index contributed by atoms with van der Waals surface area (Å²) in [7, 11) is 1.47. The Morgan fingerprint density at radius 2 is 1.69 bits per heavy atom. The quantitative estimate of drug-likeness (QED) is 0.545. The molecule has 0 unspecified atom stereocenters. The molecule has 0 heterocycles. The number of ether oxygens (including phenoxy) is 1. The van der Waals surface area contributed by atoms with Crippen molar-refractivity contribution in [3.05, 3.63) is 83.9 Å². The van der Waals surface area contributed by atoms with Crippen LogP contribution in [0.4, 0.5) is 0 Å². The third kappa shape index (κ3) is 4.08. The monoisotopic (exact) mass is 346 g/mol. The normalized spacial score (nSPS) is 10.7. The SMILES string of the molecule is COc1cc(/C=N/NC(=O)c2ccc(-c3ccccc3)cc2)ccc1O. The van der Waals surface area contributed by atoms with Gasteiger partial charge in [0.25, 0.3) is 5.91 Å². The van der Waals surface area contributed by atoms with Crippen LogP contribution in [0.1, 0.15) is 15.9 Å². The summed E-state index contributed by atoms with van der Waals surface area (Å²) in [6.07, 6.45) is 1.48. The van der Waals surface area contributed by atoms with E-state index >= 15 is 0 Å². The van der Waals surface area contributed by atoms with E-state index in [1.165, 1.54) is 19.4 Å². The summed E-state index contributed by atoms with van der Waals surface area (Å²) in [6, 6.07) is 22.1. The summed E-state index contributed by atoms with van der Waals surface area (Å²) in [6.45, 7) is 0. The standard InChI is InChI=1S/C21H18N2O3/c1-26-20-13-15(7-12-19(20)24)14-22-23-21(25)18-10-8-17(9-11-18)16-5-3-2-4-6-16/h2-14,24H,1H3,(H,23,25)/b22-14+. The number of carbonyl (C=O) groups is 1. The number of methoxy groups -OCH3 is 1. The van der Waals surface area contributed by atoms with Crippen molar-refractivity contribution >= 4 is 12.1 Å². The van der Waals surface area contributed by atoms with Gasteiger partial charge >= 0.3 is 0 Å². The summed E-state index contributed by atoms with van der Waals surface area (Å²) < 4.78 is 5.03. The van der Waals surface area contributed by atoms with Gasteiger partial charge in [-0.15, -0.1) is 0 Å². The molecule has 3 aromatic carbocycles. The highest BCUT2D eigenvalue weighted by atomic mass is 16.5. The second-order valence-electron chi connectivity index (χ2n) is 5.57. The maximum atomic E-state index is 12.2. The van der Waals surface area contributed by atoms with Crippen LogP contribution in [0.2, 0.25) is 0 Å². The third-order valence-corrected chi connectivity index (χ3v) is 3.84. The van der Waals surface area contributed by atoms with E-state index < -0.39 is 0 Å². The number of hydrazone groups is 1. The molecule has 0 spiro atoms. The first-order chi connectivity index (χ1) is 12.7. The number of rotatable bonds is 5. The number of aromatic hydroxyl groups is 1. The Morgan fingerprint density at radius 3 is 2.38 bits per heavy atom. The van der Waals surface area contributed by atoms with Crippen LogP contribution in [0.5, 0.6) is 11.5 Å². The molecule has 130 valence electrons. The fourth-order valence-electron chi connectivity index (χ4n) is 2.45. The molecule has 0 aliphatic heterocycles. The minimum atomic E-state index is -0.299. The van der Waals surface area contributed by atoms with E-state index in [9.17, 15) is 9.90 Å². The summed E-state index contributed by atoms with van der Waals surface area (Å²) >= 11 is 0. The first-order valence-electron chi connectivity index (χ1n) is 8.03. The number of benzene rings is 3. The number of nitrogens with zero attached hydrogens (tertiary/aromatic N) is 1. The minimum Gasteiger partial charge on any atom is -0.504 e. The highest BCUT2D eigenvalue weighted by molar-refractivity contribution is 5.95. The first kappa shape index (κ1) is 17.2. The van der Waals surface area contributed by atoms with Gasteiger partial charge in [0.15, 0.2) is 11.5 Å². The smallest absolute Gasteiger partial charge is 0.271 e.